The molecule has 2 N–H and O–H groups in total. The maximum Gasteiger partial charge on any atom is 0.0852 e. The van der Waals surface area contributed by atoms with Crippen molar-refractivity contribution in [3.05, 3.63) is 21.9 Å². The van der Waals surface area contributed by atoms with E-state index in [1.165, 1.54) is 4.88 Å². The third-order valence-corrected chi connectivity index (χ3v) is 3.98. The van der Waals surface area contributed by atoms with Crippen molar-refractivity contribution >= 4 is 11.3 Å². The van der Waals surface area contributed by atoms with Gasteiger partial charge in [-0.3, -0.25) is 0 Å². The van der Waals surface area contributed by atoms with Crippen LogP contribution in [0.2, 0.25) is 0 Å². The first kappa shape index (κ1) is 13.7. The van der Waals surface area contributed by atoms with E-state index in [2.05, 4.69) is 13.0 Å². The molecule has 92 valence electrons. The van der Waals surface area contributed by atoms with Crippen LogP contribution in [0, 0.1) is 5.41 Å². The molecule has 1 aromatic heterocycles. The largest absolute Gasteiger partial charge is 0.390 e. The number of aryl methyl sites for hydroxylation is 1. The second-order valence-electron chi connectivity index (χ2n) is 5.30. The summed E-state index contributed by atoms with van der Waals surface area (Å²) in [5.41, 5.74) is -0.274. The van der Waals surface area contributed by atoms with Gasteiger partial charge in [0.15, 0.2) is 0 Å². The van der Waals surface area contributed by atoms with Gasteiger partial charge < -0.3 is 10.2 Å². The Morgan fingerprint density at radius 3 is 2.19 bits per heavy atom. The van der Waals surface area contributed by atoms with E-state index in [1.807, 2.05) is 26.8 Å². The van der Waals surface area contributed by atoms with Crippen LogP contribution in [-0.4, -0.2) is 22.4 Å². The topological polar surface area (TPSA) is 40.5 Å². The zero-order valence-electron chi connectivity index (χ0n) is 10.5. The lowest BCUT2D eigenvalue weighted by Gasteiger charge is -2.29. The van der Waals surface area contributed by atoms with E-state index in [0.29, 0.717) is 6.42 Å². The summed E-state index contributed by atoms with van der Waals surface area (Å²) < 4.78 is 0. The monoisotopic (exact) mass is 242 g/mol. The lowest BCUT2D eigenvalue weighted by molar-refractivity contribution is -0.0430. The van der Waals surface area contributed by atoms with Crippen molar-refractivity contribution in [2.75, 3.05) is 0 Å². The molecule has 0 radical (unpaired) electrons. The Bertz CT molecular complexity index is 325. The first-order chi connectivity index (χ1) is 7.34. The molecule has 16 heavy (non-hydrogen) atoms. The molecule has 0 saturated heterocycles. The Hall–Kier alpha value is -0.380. The molecule has 1 aromatic rings. The summed E-state index contributed by atoms with van der Waals surface area (Å²) in [6, 6.07) is 4.14. The van der Waals surface area contributed by atoms with E-state index in [1.54, 1.807) is 11.3 Å². The summed E-state index contributed by atoms with van der Waals surface area (Å²) >= 11 is 1.72. The minimum Gasteiger partial charge on any atom is -0.390 e. The molecule has 1 heterocycles. The first-order valence-electron chi connectivity index (χ1n) is 5.78. The van der Waals surface area contributed by atoms with Gasteiger partial charge in [-0.25, -0.2) is 0 Å². The van der Waals surface area contributed by atoms with E-state index in [-0.39, 0.29) is 5.41 Å². The van der Waals surface area contributed by atoms with E-state index in [0.717, 1.165) is 11.3 Å². The molecule has 0 aliphatic carbocycles. The van der Waals surface area contributed by atoms with Gasteiger partial charge in [0.05, 0.1) is 12.2 Å². The second-order valence-corrected chi connectivity index (χ2v) is 6.56. The summed E-state index contributed by atoms with van der Waals surface area (Å²) in [6.07, 6.45) is 0.217. The van der Waals surface area contributed by atoms with Crippen LogP contribution in [0.5, 0.6) is 0 Å². The van der Waals surface area contributed by atoms with E-state index < -0.39 is 12.2 Å². The van der Waals surface area contributed by atoms with Crippen LogP contribution in [0.4, 0.5) is 0 Å². The minimum atomic E-state index is -0.681. The number of aliphatic hydroxyl groups excluding tert-OH is 2. The number of aliphatic hydroxyl groups is 2. The molecule has 0 aliphatic rings. The predicted molar refractivity (Wildman–Crippen MR) is 68.9 cm³/mol. The van der Waals surface area contributed by atoms with Crippen LogP contribution in [0.1, 0.15) is 37.4 Å². The first-order valence-corrected chi connectivity index (χ1v) is 6.60. The molecule has 0 aromatic carbocycles. The zero-order valence-corrected chi connectivity index (χ0v) is 11.3. The molecule has 2 atom stereocenters. The summed E-state index contributed by atoms with van der Waals surface area (Å²) in [6.45, 7) is 7.93. The van der Waals surface area contributed by atoms with Gasteiger partial charge in [0, 0.05) is 16.2 Å². The molecule has 0 amide bonds. The quantitative estimate of drug-likeness (QED) is 0.852. The Balaban J connectivity index is 2.60. The molecule has 1 rings (SSSR count). The average molecular weight is 242 g/mol. The average Bonchev–Trinajstić information content (AvgIpc) is 2.63. The van der Waals surface area contributed by atoms with Gasteiger partial charge >= 0.3 is 0 Å². The summed E-state index contributed by atoms with van der Waals surface area (Å²) in [4.78, 5) is 2.47. The smallest absolute Gasteiger partial charge is 0.0852 e. The highest BCUT2D eigenvalue weighted by molar-refractivity contribution is 7.11. The third-order valence-electron chi connectivity index (χ3n) is 2.73. The van der Waals surface area contributed by atoms with Gasteiger partial charge in [0.25, 0.3) is 0 Å². The maximum atomic E-state index is 9.95. The van der Waals surface area contributed by atoms with Gasteiger partial charge in [0.1, 0.15) is 0 Å². The third kappa shape index (κ3) is 3.58. The van der Waals surface area contributed by atoms with Crippen molar-refractivity contribution in [1.82, 2.24) is 0 Å². The molecule has 0 spiro atoms. The van der Waals surface area contributed by atoms with Crippen LogP contribution < -0.4 is 0 Å². The standard InChI is InChI=1S/C13H22O2S/c1-5-9-6-7-10(16-9)8-11(14)12(15)13(2,3)4/h6-7,11-12,14-15H,5,8H2,1-4H3. The van der Waals surface area contributed by atoms with Gasteiger partial charge in [-0.15, -0.1) is 11.3 Å². The SMILES string of the molecule is CCc1ccc(CC(O)C(O)C(C)(C)C)s1. The van der Waals surface area contributed by atoms with Crippen LogP contribution >= 0.6 is 11.3 Å². The number of thiophene rings is 1. The Morgan fingerprint density at radius 1 is 1.19 bits per heavy atom. The molecule has 2 unspecified atom stereocenters. The van der Waals surface area contributed by atoms with Gasteiger partial charge in [-0.2, -0.15) is 0 Å². The Morgan fingerprint density at radius 2 is 1.75 bits per heavy atom. The van der Waals surface area contributed by atoms with Gasteiger partial charge in [-0.05, 0) is 24.0 Å². The molecule has 2 nitrogen and oxygen atoms in total. The van der Waals surface area contributed by atoms with Crippen molar-refractivity contribution < 1.29 is 10.2 Å². The zero-order chi connectivity index (χ0) is 12.3. The maximum absolute atomic E-state index is 9.95. The predicted octanol–water partition coefficient (Wildman–Crippen LogP) is 2.62. The fraction of sp³-hybridized carbons (Fsp3) is 0.692. The lowest BCUT2D eigenvalue weighted by Crippen LogP contribution is -2.38. The molecule has 0 aliphatic heterocycles. The summed E-state index contributed by atoms with van der Waals surface area (Å²) in [7, 11) is 0. The molecular formula is C13H22O2S. The van der Waals surface area contributed by atoms with Crippen LogP contribution in [0.15, 0.2) is 12.1 Å². The fourth-order valence-corrected chi connectivity index (χ4v) is 2.62. The van der Waals surface area contributed by atoms with Crippen molar-refractivity contribution in [2.24, 2.45) is 5.41 Å². The van der Waals surface area contributed by atoms with Crippen LogP contribution in [-0.2, 0) is 12.8 Å². The van der Waals surface area contributed by atoms with Crippen LogP contribution in [0.3, 0.4) is 0 Å². The van der Waals surface area contributed by atoms with Crippen LogP contribution in [0.25, 0.3) is 0 Å². The highest BCUT2D eigenvalue weighted by atomic mass is 32.1. The second kappa shape index (κ2) is 5.30. The summed E-state index contributed by atoms with van der Waals surface area (Å²) in [5, 5.41) is 19.9. The normalized spacial score (nSPS) is 16.1. The minimum absolute atomic E-state index is 0.274. The lowest BCUT2D eigenvalue weighted by atomic mass is 9.85. The van der Waals surface area contributed by atoms with E-state index in [9.17, 15) is 10.2 Å². The van der Waals surface area contributed by atoms with Crippen molar-refractivity contribution in [3.8, 4) is 0 Å². The van der Waals surface area contributed by atoms with Gasteiger partial charge in [0.2, 0.25) is 0 Å². The van der Waals surface area contributed by atoms with E-state index >= 15 is 0 Å². The van der Waals surface area contributed by atoms with Gasteiger partial charge in [-0.1, -0.05) is 27.7 Å². The van der Waals surface area contributed by atoms with Crippen molar-refractivity contribution in [2.45, 2.75) is 52.7 Å². The fourth-order valence-electron chi connectivity index (χ4n) is 1.62. The molecule has 0 saturated carbocycles. The summed E-state index contributed by atoms with van der Waals surface area (Å²) in [5.74, 6) is 0. The highest BCUT2D eigenvalue weighted by Crippen LogP contribution is 2.25. The Labute approximate surface area is 102 Å². The molecular weight excluding hydrogens is 220 g/mol. The Kier molecular flexibility index (Phi) is 4.53. The molecule has 0 bridgehead atoms. The molecule has 0 fully saturated rings. The van der Waals surface area contributed by atoms with E-state index in [4.69, 9.17) is 0 Å². The number of rotatable bonds is 4. The van der Waals surface area contributed by atoms with Crippen molar-refractivity contribution in [3.63, 3.8) is 0 Å². The molecule has 3 heteroatoms. The number of hydrogen-bond donors (Lipinski definition) is 2. The highest BCUT2D eigenvalue weighted by Gasteiger charge is 2.29. The number of hydrogen-bond acceptors (Lipinski definition) is 3. The van der Waals surface area contributed by atoms with Crippen molar-refractivity contribution in [1.29, 1.82) is 0 Å².